The number of allylic oxidation sites excluding steroid dienone is 1. The summed E-state index contributed by atoms with van der Waals surface area (Å²) in [6.07, 6.45) is 7.11. The topological polar surface area (TPSA) is 88.1 Å². The Bertz CT molecular complexity index is 534. The van der Waals surface area contributed by atoms with Crippen LogP contribution < -0.4 is 0 Å². The van der Waals surface area contributed by atoms with E-state index in [-0.39, 0.29) is 0 Å². The van der Waals surface area contributed by atoms with Crippen LogP contribution in [0.25, 0.3) is 0 Å². The summed E-state index contributed by atoms with van der Waals surface area (Å²) in [6, 6.07) is 0. The van der Waals surface area contributed by atoms with Gasteiger partial charge in [-0.25, -0.2) is 0 Å². The van der Waals surface area contributed by atoms with Gasteiger partial charge in [0.2, 0.25) is 0 Å². The first-order valence-corrected chi connectivity index (χ1v) is 9.63. The molecule has 2 aromatic rings. The van der Waals surface area contributed by atoms with Crippen molar-refractivity contribution in [2.45, 2.75) is 53.3 Å². The van der Waals surface area contributed by atoms with E-state index in [2.05, 4.69) is 37.0 Å². The van der Waals surface area contributed by atoms with Crippen LogP contribution >= 0.6 is 0 Å². The van der Waals surface area contributed by atoms with Gasteiger partial charge in [-0.05, 0) is 62.8 Å². The minimum atomic E-state index is -0.500. The Hall–Kier alpha value is -2.10. The molecule has 0 bridgehead atoms. The summed E-state index contributed by atoms with van der Waals surface area (Å²) in [6.45, 7) is 16.6. The largest absolute Gasteiger partial charge is 0.391 e. The van der Waals surface area contributed by atoms with Crippen LogP contribution in [0.1, 0.15) is 34.6 Å². The zero-order valence-corrected chi connectivity index (χ0v) is 19.9. The predicted octanol–water partition coefficient (Wildman–Crippen LogP) is 2.04. The van der Waals surface area contributed by atoms with E-state index in [9.17, 15) is 0 Å². The molecule has 0 fully saturated rings. The molecule has 2 heterocycles. The number of rotatable bonds is 6. The van der Waals surface area contributed by atoms with Crippen molar-refractivity contribution >= 4 is 0 Å². The van der Waals surface area contributed by atoms with Crippen molar-refractivity contribution in [1.29, 1.82) is 0 Å². The summed E-state index contributed by atoms with van der Waals surface area (Å²) in [5.74, 6) is 0. The average Bonchev–Trinajstić information content (AvgIpc) is 3.23. The maximum Gasteiger partial charge on any atom is 0.0692 e. The summed E-state index contributed by atoms with van der Waals surface area (Å²) in [5.41, 5.74) is 0.667. The number of aromatic nitrogens is 6. The monoisotopic (exact) mass is 410 g/mol. The van der Waals surface area contributed by atoms with E-state index in [1.807, 2.05) is 63.8 Å². The maximum atomic E-state index is 8.52. The van der Waals surface area contributed by atoms with E-state index in [1.165, 1.54) is 5.57 Å². The van der Waals surface area contributed by atoms with Crippen molar-refractivity contribution in [2.24, 2.45) is 0 Å². The molecule has 1 N–H and O–H groups in total. The van der Waals surface area contributed by atoms with Crippen molar-refractivity contribution in [3.05, 3.63) is 36.9 Å². The summed E-state index contributed by atoms with van der Waals surface area (Å²) in [4.78, 5) is 4.23. The lowest BCUT2D eigenvalue weighted by atomic mass is 10.2. The fraction of sp³-hybridized carbons (Fsp3) is 0.700. The van der Waals surface area contributed by atoms with Crippen LogP contribution in [0.4, 0.5) is 0 Å². The fourth-order valence-electron chi connectivity index (χ4n) is 1.31. The molecule has 0 saturated heterocycles. The van der Waals surface area contributed by atoms with Crippen molar-refractivity contribution in [2.75, 3.05) is 41.3 Å². The lowest BCUT2D eigenvalue weighted by molar-refractivity contribution is 0.102. The Morgan fingerprint density at radius 1 is 0.862 bits per heavy atom. The van der Waals surface area contributed by atoms with Crippen LogP contribution in [-0.2, 0) is 13.1 Å². The van der Waals surface area contributed by atoms with Gasteiger partial charge in [0.15, 0.2) is 0 Å². The molecular weight excluding hydrogens is 368 g/mol. The third kappa shape index (κ3) is 30.8. The molecule has 0 aliphatic heterocycles. The summed E-state index contributed by atoms with van der Waals surface area (Å²) < 4.78 is 3.64. The Morgan fingerprint density at radius 2 is 1.14 bits per heavy atom. The second-order valence-electron chi connectivity index (χ2n) is 8.32. The molecule has 0 atom stereocenters. The number of hydrogen-bond acceptors (Lipinski definition) is 7. The van der Waals surface area contributed by atoms with Gasteiger partial charge in [0.1, 0.15) is 0 Å². The van der Waals surface area contributed by atoms with E-state index >= 15 is 0 Å². The Labute approximate surface area is 177 Å². The van der Waals surface area contributed by atoms with Gasteiger partial charge in [-0.2, -0.15) is 0 Å². The van der Waals surface area contributed by atoms with Gasteiger partial charge in [0, 0.05) is 25.5 Å². The van der Waals surface area contributed by atoms with Gasteiger partial charge in [-0.3, -0.25) is 9.36 Å². The SMILES string of the molecule is C=C(C)C.CC(C)(C)O.CN(C)CCn1ccnn1.CN(C)CCn1ccnn1. The average molecular weight is 411 g/mol. The minimum absolute atomic E-state index is 0.500. The highest BCUT2D eigenvalue weighted by Gasteiger charge is 1.98. The smallest absolute Gasteiger partial charge is 0.0692 e. The van der Waals surface area contributed by atoms with Crippen LogP contribution in [-0.4, -0.2) is 91.8 Å². The summed E-state index contributed by atoms with van der Waals surface area (Å²) >= 11 is 0. The molecular formula is C20H42N8O. The Balaban J connectivity index is 0. The van der Waals surface area contributed by atoms with Crippen LogP contribution in [0.2, 0.25) is 0 Å². The number of likely N-dealkylation sites (N-methyl/N-ethyl adjacent to an activating group) is 2. The summed E-state index contributed by atoms with van der Waals surface area (Å²) in [7, 11) is 8.15. The molecule has 0 aliphatic rings. The number of aliphatic hydroxyl groups is 1. The third-order valence-corrected chi connectivity index (χ3v) is 2.50. The first kappa shape index (κ1) is 29.1. The molecule has 0 aromatic carbocycles. The molecule has 0 saturated carbocycles. The quantitative estimate of drug-likeness (QED) is 0.729. The molecule has 9 nitrogen and oxygen atoms in total. The molecule has 0 spiro atoms. The lowest BCUT2D eigenvalue weighted by Crippen LogP contribution is -2.18. The van der Waals surface area contributed by atoms with Gasteiger partial charge in [-0.1, -0.05) is 16.0 Å². The van der Waals surface area contributed by atoms with Crippen LogP contribution in [0, 0.1) is 0 Å². The van der Waals surface area contributed by atoms with Gasteiger partial charge in [0.05, 0.1) is 31.1 Å². The molecule has 2 aromatic heterocycles. The van der Waals surface area contributed by atoms with Crippen molar-refractivity contribution in [3.63, 3.8) is 0 Å². The number of nitrogens with zero attached hydrogens (tertiary/aromatic N) is 8. The summed E-state index contributed by atoms with van der Waals surface area (Å²) in [5, 5.41) is 23.6. The van der Waals surface area contributed by atoms with Gasteiger partial charge < -0.3 is 14.9 Å². The minimum Gasteiger partial charge on any atom is -0.391 e. The maximum absolute atomic E-state index is 8.52. The molecule has 0 aliphatic carbocycles. The molecule has 0 radical (unpaired) electrons. The van der Waals surface area contributed by atoms with E-state index in [1.54, 1.807) is 33.2 Å². The number of hydrogen-bond donors (Lipinski definition) is 1. The van der Waals surface area contributed by atoms with Gasteiger partial charge in [-0.15, -0.1) is 16.8 Å². The van der Waals surface area contributed by atoms with Crippen molar-refractivity contribution in [3.8, 4) is 0 Å². The highest BCUT2D eigenvalue weighted by atomic mass is 16.3. The van der Waals surface area contributed by atoms with Gasteiger partial charge in [0.25, 0.3) is 0 Å². The molecule has 9 heteroatoms. The first-order valence-electron chi connectivity index (χ1n) is 9.63. The molecule has 0 amide bonds. The van der Waals surface area contributed by atoms with Crippen LogP contribution in [0.3, 0.4) is 0 Å². The highest BCUT2D eigenvalue weighted by molar-refractivity contribution is 4.78. The van der Waals surface area contributed by atoms with E-state index in [0.717, 1.165) is 26.2 Å². The van der Waals surface area contributed by atoms with E-state index in [4.69, 9.17) is 5.11 Å². The zero-order chi connectivity index (χ0) is 22.9. The fourth-order valence-corrected chi connectivity index (χ4v) is 1.31. The second-order valence-corrected chi connectivity index (χ2v) is 8.32. The normalized spacial score (nSPS) is 10.3. The van der Waals surface area contributed by atoms with E-state index in [0.29, 0.717) is 0 Å². The van der Waals surface area contributed by atoms with Gasteiger partial charge >= 0.3 is 0 Å². The van der Waals surface area contributed by atoms with E-state index < -0.39 is 5.60 Å². The second kappa shape index (κ2) is 16.8. The molecule has 168 valence electrons. The van der Waals surface area contributed by atoms with Crippen molar-refractivity contribution < 1.29 is 5.11 Å². The molecule has 0 unspecified atom stereocenters. The first-order chi connectivity index (χ1) is 13.3. The lowest BCUT2D eigenvalue weighted by Gasteiger charge is -2.07. The predicted molar refractivity (Wildman–Crippen MR) is 120 cm³/mol. The molecule has 2 rings (SSSR count). The third-order valence-electron chi connectivity index (χ3n) is 2.50. The van der Waals surface area contributed by atoms with Crippen molar-refractivity contribution in [1.82, 2.24) is 39.8 Å². The highest BCUT2D eigenvalue weighted by Crippen LogP contribution is 1.93. The van der Waals surface area contributed by atoms with Crippen LogP contribution in [0.15, 0.2) is 36.9 Å². The zero-order valence-electron chi connectivity index (χ0n) is 19.9. The Kier molecular flexibility index (Phi) is 16.9. The molecule has 29 heavy (non-hydrogen) atoms. The van der Waals surface area contributed by atoms with Crippen LogP contribution in [0.5, 0.6) is 0 Å². The standard InChI is InChI=1S/2C6H12N4.C4H10O.C4H8/c2*1-9(2)5-6-10-4-3-7-8-10;1-4(2,3)5;1-4(2)3/h2*3-4H,5-6H2,1-2H3;5H,1-3H3;1H2,2-3H3. The Morgan fingerprint density at radius 3 is 1.31 bits per heavy atom.